The van der Waals surface area contributed by atoms with Crippen LogP contribution in [0, 0.1) is 0 Å². The minimum Gasteiger partial charge on any atom is -0.368 e. The summed E-state index contributed by atoms with van der Waals surface area (Å²) in [6.45, 7) is 2.48. The molecule has 106 valence electrons. The largest absolute Gasteiger partial charge is 0.368 e. The standard InChI is InChI=1S/C5H8N4OS.CH3N3O3S/c1-2-10-4(3-6-1)5-7-8-9-11-5;2-1(5)3-4-8(6)7/h4,6H,1-3H2;(H3,2,3,5). The van der Waals surface area contributed by atoms with Gasteiger partial charge in [0.2, 0.25) is 0 Å². The molecule has 1 fully saturated rings. The Hall–Kier alpha value is -1.70. The van der Waals surface area contributed by atoms with E-state index in [2.05, 4.69) is 30.3 Å². The Morgan fingerprint density at radius 3 is 2.84 bits per heavy atom. The normalized spacial score (nSPS) is 17.8. The van der Waals surface area contributed by atoms with E-state index in [-0.39, 0.29) is 6.10 Å². The van der Waals surface area contributed by atoms with Gasteiger partial charge in [-0.05, 0) is 9.69 Å². The number of nitrogens with zero attached hydrogens (tertiary/aromatic N) is 4. The van der Waals surface area contributed by atoms with Gasteiger partial charge in [-0.15, -0.1) is 5.10 Å². The van der Waals surface area contributed by atoms with Crippen LogP contribution < -0.4 is 16.5 Å². The van der Waals surface area contributed by atoms with Crippen LogP contribution in [0.15, 0.2) is 4.47 Å². The first-order chi connectivity index (χ1) is 9.09. The van der Waals surface area contributed by atoms with Crippen molar-refractivity contribution in [2.24, 2.45) is 10.2 Å². The molecule has 0 aromatic carbocycles. The second-order valence-electron chi connectivity index (χ2n) is 3.05. The number of nitrogens with two attached hydrogens (primary N) is 1. The number of carbonyl (C=O) groups is 1. The molecule has 1 saturated heterocycles. The van der Waals surface area contributed by atoms with Gasteiger partial charge in [-0.2, -0.15) is 8.42 Å². The summed E-state index contributed by atoms with van der Waals surface area (Å²) in [5.74, 6) is 0. The summed E-state index contributed by atoms with van der Waals surface area (Å²) in [6, 6.07) is -1.01. The highest BCUT2D eigenvalue weighted by molar-refractivity contribution is 7.61. The molecule has 0 radical (unpaired) electrons. The summed E-state index contributed by atoms with van der Waals surface area (Å²) >= 11 is 1.29. The Labute approximate surface area is 113 Å². The van der Waals surface area contributed by atoms with Crippen LogP contribution in [-0.4, -0.2) is 48.9 Å². The Kier molecular flexibility index (Phi) is 6.80. The molecule has 0 bridgehead atoms. The molecule has 13 heteroatoms. The van der Waals surface area contributed by atoms with Gasteiger partial charge in [0.05, 0.1) is 6.61 Å². The van der Waals surface area contributed by atoms with Gasteiger partial charge in [0, 0.05) is 24.6 Å². The lowest BCUT2D eigenvalue weighted by Gasteiger charge is -2.20. The molecule has 1 aliphatic rings. The molecule has 1 unspecified atom stereocenters. The Balaban J connectivity index is 0.000000203. The number of urea groups is 1. The molecular weight excluding hydrogens is 298 g/mol. The van der Waals surface area contributed by atoms with Crippen LogP contribution >= 0.6 is 11.5 Å². The molecule has 0 saturated carbocycles. The van der Waals surface area contributed by atoms with Gasteiger partial charge in [-0.1, -0.05) is 4.49 Å². The number of rotatable bonds is 2. The average Bonchev–Trinajstić information content (AvgIpc) is 2.92. The third-order valence-electron chi connectivity index (χ3n) is 1.75. The topological polar surface area (TPSA) is 162 Å². The number of nitrogens with one attached hydrogen (secondary N) is 2. The zero-order chi connectivity index (χ0) is 14.1. The molecule has 4 N–H and O–H groups in total. The Bertz CT molecular complexity index is 502. The van der Waals surface area contributed by atoms with Crippen LogP contribution in [0.25, 0.3) is 0 Å². The first-order valence-corrected chi connectivity index (χ1v) is 6.73. The number of amides is 2. The van der Waals surface area contributed by atoms with Crippen molar-refractivity contribution in [3.63, 3.8) is 0 Å². The number of carbonyl (C=O) groups excluding carboxylic acids is 1. The number of morpholine rings is 1. The molecule has 0 spiro atoms. The van der Waals surface area contributed by atoms with Gasteiger partial charge in [0.15, 0.2) is 5.01 Å². The summed E-state index contributed by atoms with van der Waals surface area (Å²) in [4.78, 5) is 9.65. The lowest BCUT2D eigenvalue weighted by Crippen LogP contribution is -2.33. The molecule has 2 heterocycles. The summed E-state index contributed by atoms with van der Waals surface area (Å²) in [6.07, 6.45) is 0.0590. The van der Waals surface area contributed by atoms with Gasteiger partial charge in [0.25, 0.3) is 0 Å². The summed E-state index contributed by atoms with van der Waals surface area (Å²) < 4.78 is 30.5. The first-order valence-electron chi connectivity index (χ1n) is 4.92. The second-order valence-corrected chi connectivity index (χ2v) is 4.43. The molecule has 11 nitrogen and oxygen atoms in total. The van der Waals surface area contributed by atoms with Gasteiger partial charge >= 0.3 is 16.5 Å². The van der Waals surface area contributed by atoms with E-state index in [0.717, 1.165) is 24.7 Å². The lowest BCUT2D eigenvalue weighted by atomic mass is 10.3. The maximum Gasteiger partial charge on any atom is 0.333 e. The molecule has 1 aliphatic heterocycles. The Morgan fingerprint density at radius 2 is 2.42 bits per heavy atom. The molecule has 1 aromatic rings. The van der Waals surface area contributed by atoms with Crippen LogP contribution in [0.1, 0.15) is 11.1 Å². The van der Waals surface area contributed by atoms with E-state index in [0.29, 0.717) is 0 Å². The number of hydrogen-bond acceptors (Lipinski definition) is 10. The molecule has 1 aromatic heterocycles. The zero-order valence-corrected chi connectivity index (χ0v) is 11.1. The monoisotopic (exact) mass is 309 g/mol. The fourth-order valence-electron chi connectivity index (χ4n) is 1.07. The lowest BCUT2D eigenvalue weighted by molar-refractivity contribution is 0.0271. The van der Waals surface area contributed by atoms with Crippen molar-refractivity contribution >= 4 is 28.1 Å². The highest BCUT2D eigenvalue weighted by Crippen LogP contribution is 2.17. The average molecular weight is 309 g/mol. The molecule has 2 rings (SSSR count). The quantitative estimate of drug-likeness (QED) is 0.540. The van der Waals surface area contributed by atoms with E-state index in [1.807, 2.05) is 0 Å². The predicted molar refractivity (Wildman–Crippen MR) is 63.3 cm³/mol. The molecule has 1 atom stereocenters. The van der Waals surface area contributed by atoms with E-state index in [1.54, 1.807) is 0 Å². The van der Waals surface area contributed by atoms with Crippen LogP contribution in [-0.2, 0) is 15.2 Å². The van der Waals surface area contributed by atoms with Crippen molar-refractivity contribution in [2.45, 2.75) is 6.10 Å². The molecule has 19 heavy (non-hydrogen) atoms. The zero-order valence-electron chi connectivity index (χ0n) is 9.51. The first kappa shape index (κ1) is 15.4. The highest BCUT2D eigenvalue weighted by Gasteiger charge is 2.18. The maximum atomic E-state index is 9.65. The van der Waals surface area contributed by atoms with Crippen LogP contribution in [0.4, 0.5) is 4.79 Å². The smallest absolute Gasteiger partial charge is 0.333 e. The predicted octanol–water partition coefficient (Wildman–Crippen LogP) is -1.77. The van der Waals surface area contributed by atoms with E-state index in [4.69, 9.17) is 4.74 Å². The van der Waals surface area contributed by atoms with Crippen LogP contribution in [0.2, 0.25) is 0 Å². The number of ether oxygens (including phenoxy) is 1. The molecule has 0 aliphatic carbocycles. The fourth-order valence-corrected chi connectivity index (χ4v) is 1.73. The van der Waals surface area contributed by atoms with Crippen molar-refractivity contribution in [3.8, 4) is 0 Å². The molecular formula is C6H11N7O4S2. The van der Waals surface area contributed by atoms with Gasteiger partial charge < -0.3 is 15.8 Å². The third-order valence-corrected chi connectivity index (χ3v) is 2.67. The van der Waals surface area contributed by atoms with Crippen LogP contribution in [0.3, 0.4) is 0 Å². The number of hydrogen-bond donors (Lipinski definition) is 3. The Morgan fingerprint density at radius 1 is 1.63 bits per heavy atom. The van der Waals surface area contributed by atoms with Crippen molar-refractivity contribution in [3.05, 3.63) is 5.01 Å². The number of primary amides is 1. The SMILES string of the molecule is C1COC(c2nnns2)CN1.NC(=O)NN=S(=O)=O. The number of aromatic nitrogens is 3. The second kappa shape index (κ2) is 8.41. The minimum atomic E-state index is -2.62. The maximum absolute atomic E-state index is 9.65. The highest BCUT2D eigenvalue weighted by atomic mass is 32.2. The van der Waals surface area contributed by atoms with Crippen molar-refractivity contribution in [1.82, 2.24) is 25.5 Å². The molecule has 2 amide bonds. The van der Waals surface area contributed by atoms with Crippen molar-refractivity contribution in [2.75, 3.05) is 19.7 Å². The van der Waals surface area contributed by atoms with E-state index < -0.39 is 16.5 Å². The summed E-state index contributed by atoms with van der Waals surface area (Å²) in [5, 5.41) is 11.4. The van der Waals surface area contributed by atoms with E-state index in [9.17, 15) is 13.2 Å². The third kappa shape index (κ3) is 6.70. The van der Waals surface area contributed by atoms with E-state index in [1.165, 1.54) is 17.0 Å². The summed E-state index contributed by atoms with van der Waals surface area (Å²) in [7, 11) is -2.62. The summed E-state index contributed by atoms with van der Waals surface area (Å²) in [5.41, 5.74) is 5.92. The van der Waals surface area contributed by atoms with Gasteiger partial charge in [-0.3, -0.25) is 0 Å². The van der Waals surface area contributed by atoms with Crippen molar-refractivity contribution in [1.29, 1.82) is 0 Å². The van der Waals surface area contributed by atoms with Gasteiger partial charge in [0.1, 0.15) is 6.10 Å². The fraction of sp³-hybridized carbons (Fsp3) is 0.667. The minimum absolute atomic E-state index is 0.0590. The van der Waals surface area contributed by atoms with Gasteiger partial charge in [-0.25, -0.2) is 10.2 Å². The van der Waals surface area contributed by atoms with Crippen LogP contribution in [0.5, 0.6) is 0 Å². The van der Waals surface area contributed by atoms with E-state index >= 15 is 0 Å². The van der Waals surface area contributed by atoms with Crippen molar-refractivity contribution < 1.29 is 17.9 Å².